The smallest absolute Gasteiger partial charge is 0.315 e. The van der Waals surface area contributed by atoms with Crippen molar-refractivity contribution in [3.63, 3.8) is 0 Å². The van der Waals surface area contributed by atoms with Crippen LogP contribution in [0.1, 0.15) is 5.56 Å². The van der Waals surface area contributed by atoms with E-state index < -0.39 is 16.4 Å². The molecule has 19 heavy (non-hydrogen) atoms. The summed E-state index contributed by atoms with van der Waals surface area (Å²) in [6.45, 7) is 0. The summed E-state index contributed by atoms with van der Waals surface area (Å²) >= 11 is 0. The van der Waals surface area contributed by atoms with E-state index in [4.69, 9.17) is 4.74 Å². The second kappa shape index (κ2) is 5.12. The molecule has 9 nitrogen and oxygen atoms in total. The molecular weight excluding hydrogens is 254 g/mol. The number of methoxy groups -OCH3 is 1. The molecule has 0 saturated carbocycles. The van der Waals surface area contributed by atoms with Crippen LogP contribution in [-0.2, 0) is 0 Å². The molecule has 0 atom stereocenters. The van der Waals surface area contributed by atoms with Crippen LogP contribution in [0.15, 0.2) is 29.9 Å². The van der Waals surface area contributed by atoms with E-state index in [0.29, 0.717) is 5.56 Å². The second-order valence-corrected chi connectivity index (χ2v) is 3.43. The van der Waals surface area contributed by atoms with Crippen LogP contribution in [0.4, 0.5) is 5.69 Å². The highest BCUT2D eigenvalue weighted by molar-refractivity contribution is 5.83. The number of phenols is 1. The highest BCUT2D eigenvalue weighted by atomic mass is 16.6. The summed E-state index contributed by atoms with van der Waals surface area (Å²) in [6, 6.07) is 2.61. The number of nitro groups is 1. The van der Waals surface area contributed by atoms with Crippen LogP contribution in [0.3, 0.4) is 0 Å². The third-order valence-corrected chi connectivity index (χ3v) is 2.24. The maximum atomic E-state index is 10.8. The Morgan fingerprint density at radius 1 is 1.47 bits per heavy atom. The van der Waals surface area contributed by atoms with Gasteiger partial charge in [-0.15, -0.1) is 10.2 Å². The maximum absolute atomic E-state index is 10.8. The fraction of sp³-hybridized carbons (Fsp3) is 0.100. The molecule has 0 aliphatic rings. The van der Waals surface area contributed by atoms with Gasteiger partial charge in [0.05, 0.1) is 18.2 Å². The molecule has 0 bridgehead atoms. The predicted molar refractivity (Wildman–Crippen MR) is 64.3 cm³/mol. The van der Waals surface area contributed by atoms with E-state index in [9.17, 15) is 15.2 Å². The van der Waals surface area contributed by atoms with Gasteiger partial charge in [0.1, 0.15) is 12.7 Å². The summed E-state index contributed by atoms with van der Waals surface area (Å²) < 4.78 is 6.19. The van der Waals surface area contributed by atoms with E-state index in [1.165, 1.54) is 42.8 Å². The molecule has 0 spiro atoms. The molecule has 9 heteroatoms. The molecule has 1 aromatic heterocycles. The van der Waals surface area contributed by atoms with Crippen molar-refractivity contribution in [2.45, 2.75) is 0 Å². The summed E-state index contributed by atoms with van der Waals surface area (Å²) in [6.07, 6.45) is 4.09. The lowest BCUT2D eigenvalue weighted by Gasteiger charge is -2.04. The average Bonchev–Trinajstić information content (AvgIpc) is 2.90. The second-order valence-electron chi connectivity index (χ2n) is 3.43. The van der Waals surface area contributed by atoms with Gasteiger partial charge < -0.3 is 9.84 Å². The van der Waals surface area contributed by atoms with Gasteiger partial charge in [0, 0.05) is 11.6 Å². The quantitative estimate of drug-likeness (QED) is 0.495. The summed E-state index contributed by atoms with van der Waals surface area (Å²) in [5.41, 5.74) is -0.0559. The van der Waals surface area contributed by atoms with Crippen molar-refractivity contribution in [3.8, 4) is 11.5 Å². The number of hydrogen-bond donors (Lipinski definition) is 1. The highest BCUT2D eigenvalue weighted by Crippen LogP contribution is 2.36. The van der Waals surface area contributed by atoms with Crippen LogP contribution in [0.25, 0.3) is 0 Å². The number of rotatable bonds is 4. The van der Waals surface area contributed by atoms with Gasteiger partial charge in [0.25, 0.3) is 0 Å². The van der Waals surface area contributed by atoms with Gasteiger partial charge in [-0.05, 0) is 6.07 Å². The molecule has 1 heterocycles. The van der Waals surface area contributed by atoms with Gasteiger partial charge in [0.15, 0.2) is 5.75 Å². The van der Waals surface area contributed by atoms with E-state index in [-0.39, 0.29) is 5.75 Å². The average molecular weight is 263 g/mol. The minimum absolute atomic E-state index is 0.000550. The normalized spacial score (nSPS) is 10.8. The number of nitro benzene ring substituents is 1. The number of hydrogen-bond acceptors (Lipinski definition) is 7. The molecule has 0 aliphatic carbocycles. The zero-order chi connectivity index (χ0) is 13.8. The molecule has 2 rings (SSSR count). The number of aromatic hydroxyl groups is 1. The third-order valence-electron chi connectivity index (χ3n) is 2.24. The fourth-order valence-electron chi connectivity index (χ4n) is 1.37. The summed E-state index contributed by atoms with van der Waals surface area (Å²) in [4.78, 5) is 10.1. The topological polar surface area (TPSA) is 116 Å². The Morgan fingerprint density at radius 3 is 2.74 bits per heavy atom. The lowest BCUT2D eigenvalue weighted by molar-refractivity contribution is -0.386. The van der Waals surface area contributed by atoms with Crippen molar-refractivity contribution in [1.29, 1.82) is 0 Å². The number of aromatic nitrogens is 3. The molecule has 0 fully saturated rings. The van der Waals surface area contributed by atoms with Crippen LogP contribution < -0.4 is 4.74 Å². The number of phenolic OH excluding ortho intramolecular Hbond substituents is 1. The van der Waals surface area contributed by atoms with Gasteiger partial charge in [-0.25, -0.2) is 4.68 Å². The van der Waals surface area contributed by atoms with E-state index >= 15 is 0 Å². The molecule has 0 aliphatic heterocycles. The minimum Gasteiger partial charge on any atom is -0.500 e. The van der Waals surface area contributed by atoms with Crippen molar-refractivity contribution >= 4 is 11.9 Å². The Morgan fingerprint density at radius 2 is 2.16 bits per heavy atom. The summed E-state index contributed by atoms with van der Waals surface area (Å²) in [7, 11) is 1.31. The molecule has 2 aromatic rings. The lowest BCUT2D eigenvalue weighted by atomic mass is 10.2. The van der Waals surface area contributed by atoms with Crippen molar-refractivity contribution < 1.29 is 14.8 Å². The predicted octanol–water partition coefficient (Wildman–Crippen LogP) is 0.783. The van der Waals surface area contributed by atoms with E-state index in [1.54, 1.807) is 0 Å². The highest BCUT2D eigenvalue weighted by Gasteiger charge is 2.19. The van der Waals surface area contributed by atoms with Crippen LogP contribution in [0, 0.1) is 10.1 Å². The number of nitrogens with zero attached hydrogens (tertiary/aromatic N) is 5. The lowest BCUT2D eigenvalue weighted by Crippen LogP contribution is -1.95. The molecule has 0 amide bonds. The monoisotopic (exact) mass is 263 g/mol. The Hall–Kier alpha value is -2.97. The van der Waals surface area contributed by atoms with Crippen molar-refractivity contribution in [3.05, 3.63) is 40.5 Å². The number of ether oxygens (including phenoxy) is 1. The largest absolute Gasteiger partial charge is 0.500 e. The first kappa shape index (κ1) is 12.5. The molecule has 0 unspecified atom stereocenters. The maximum Gasteiger partial charge on any atom is 0.315 e. The van der Waals surface area contributed by atoms with Crippen molar-refractivity contribution in [2.24, 2.45) is 5.10 Å². The SMILES string of the molecule is COc1cc(/C=N\n2cnnc2)cc([N+](=O)[O-])c1O. The molecule has 0 radical (unpaired) electrons. The van der Waals surface area contributed by atoms with Crippen molar-refractivity contribution in [1.82, 2.24) is 14.9 Å². The molecule has 98 valence electrons. The van der Waals surface area contributed by atoms with Crippen LogP contribution in [0.2, 0.25) is 0 Å². The first-order valence-corrected chi connectivity index (χ1v) is 5.06. The Labute approximate surface area is 106 Å². The first-order chi connectivity index (χ1) is 9.11. The van der Waals surface area contributed by atoms with Crippen LogP contribution in [-0.4, -0.2) is 38.2 Å². The standard InChI is InChI=1S/C10H9N5O4/c1-19-9-3-7(2-8(10(9)16)15(17)18)4-13-14-5-11-12-6-14/h2-6,16H,1H3/b13-4-. The van der Waals surface area contributed by atoms with Gasteiger partial charge in [-0.2, -0.15) is 5.10 Å². The Kier molecular flexibility index (Phi) is 3.37. The number of benzene rings is 1. The van der Waals surface area contributed by atoms with Crippen molar-refractivity contribution in [2.75, 3.05) is 7.11 Å². The molecular formula is C10H9N5O4. The summed E-state index contributed by atoms with van der Waals surface area (Å²) in [5, 5.41) is 31.5. The molecule has 0 saturated heterocycles. The van der Waals surface area contributed by atoms with Crippen LogP contribution >= 0.6 is 0 Å². The van der Waals surface area contributed by atoms with Gasteiger partial charge >= 0.3 is 5.69 Å². The van der Waals surface area contributed by atoms with E-state index in [2.05, 4.69) is 15.3 Å². The minimum atomic E-state index is -0.700. The molecule has 1 N–H and O–H groups in total. The van der Waals surface area contributed by atoms with E-state index in [1.807, 2.05) is 0 Å². The van der Waals surface area contributed by atoms with Crippen LogP contribution in [0.5, 0.6) is 11.5 Å². The molecule has 1 aromatic carbocycles. The first-order valence-electron chi connectivity index (χ1n) is 5.06. The Bertz CT molecular complexity index is 623. The zero-order valence-electron chi connectivity index (χ0n) is 9.79. The Balaban J connectivity index is 2.41. The van der Waals surface area contributed by atoms with Gasteiger partial charge in [-0.3, -0.25) is 10.1 Å². The summed E-state index contributed by atoms with van der Waals surface area (Å²) in [5.74, 6) is -0.520. The zero-order valence-corrected chi connectivity index (χ0v) is 9.79. The fourth-order valence-corrected chi connectivity index (χ4v) is 1.37. The van der Waals surface area contributed by atoms with Gasteiger partial charge in [0.2, 0.25) is 5.75 Å². The van der Waals surface area contributed by atoms with E-state index in [0.717, 1.165) is 0 Å². The third kappa shape index (κ3) is 2.65. The van der Waals surface area contributed by atoms with Gasteiger partial charge in [-0.1, -0.05) is 0 Å².